The van der Waals surface area contributed by atoms with Gasteiger partial charge in [0.25, 0.3) is 0 Å². The van der Waals surface area contributed by atoms with Crippen molar-refractivity contribution in [2.75, 3.05) is 52.0 Å². The monoisotopic (exact) mass is 481 g/mol. The van der Waals surface area contributed by atoms with E-state index in [-0.39, 0.29) is 18.9 Å². The van der Waals surface area contributed by atoms with Crippen molar-refractivity contribution >= 4 is 33.4 Å². The summed E-state index contributed by atoms with van der Waals surface area (Å²) in [5, 5.41) is 0.982. The molecule has 182 valence electrons. The molecule has 11 heteroatoms. The molecule has 1 aliphatic rings. The van der Waals surface area contributed by atoms with Gasteiger partial charge in [-0.25, -0.2) is 0 Å². The molecule has 33 heavy (non-hydrogen) atoms. The summed E-state index contributed by atoms with van der Waals surface area (Å²) in [6.07, 6.45) is 3.61. The molecule has 0 amide bonds. The molecular weight excluding hydrogens is 450 g/mol. The first kappa shape index (κ1) is 25.0. The highest BCUT2D eigenvalue weighted by Crippen LogP contribution is 2.37. The third kappa shape index (κ3) is 6.46. The Balaban J connectivity index is 1.70. The molecule has 1 N–H and O–H groups in total. The molecule has 1 aromatic heterocycles. The number of carbonyl (C=O) groups is 1. The number of nitrogens with one attached hydrogen (secondary N) is 1. The van der Waals surface area contributed by atoms with Crippen LogP contribution in [0.25, 0.3) is 10.9 Å². The molecule has 1 aliphatic heterocycles. The molecule has 2 heterocycles. The molecule has 3 rings (SSSR count). The third-order valence-electron chi connectivity index (χ3n) is 5.98. The molecular formula is C22H31N3O7S. The number of piperidine rings is 1. The van der Waals surface area contributed by atoms with Crippen molar-refractivity contribution in [1.29, 1.82) is 0 Å². The molecule has 0 spiro atoms. The lowest BCUT2D eigenvalue weighted by molar-refractivity contribution is -0.120. The first-order valence-corrected chi connectivity index (χ1v) is 12.2. The molecule has 0 saturated carbocycles. The zero-order valence-corrected chi connectivity index (χ0v) is 20.0. The average molecular weight is 482 g/mol. The van der Waals surface area contributed by atoms with Gasteiger partial charge in [-0.05, 0) is 36.8 Å². The lowest BCUT2D eigenvalue weighted by Gasteiger charge is -2.36. The number of benzene rings is 1. The SMILES string of the molecule is COCCOc1cc2c(N3CCC(C(C)CNS(=O)(=O)OC=O)CC3)ccnc2cc1OC. The molecule has 0 radical (unpaired) electrons. The fraction of sp³-hybridized carbons (Fsp3) is 0.545. The minimum Gasteiger partial charge on any atom is -0.493 e. The zero-order chi connectivity index (χ0) is 23.8. The van der Waals surface area contributed by atoms with Gasteiger partial charge in [0.1, 0.15) is 6.61 Å². The summed E-state index contributed by atoms with van der Waals surface area (Å²) < 4.78 is 45.9. The largest absolute Gasteiger partial charge is 0.493 e. The van der Waals surface area contributed by atoms with Crippen LogP contribution in [0.15, 0.2) is 24.4 Å². The van der Waals surface area contributed by atoms with Crippen LogP contribution in [0.1, 0.15) is 19.8 Å². The number of ether oxygens (including phenoxy) is 3. The molecule has 1 fully saturated rings. The Morgan fingerprint density at radius 2 is 1.97 bits per heavy atom. The zero-order valence-electron chi connectivity index (χ0n) is 19.2. The van der Waals surface area contributed by atoms with Gasteiger partial charge in [0.2, 0.25) is 0 Å². The van der Waals surface area contributed by atoms with Crippen molar-refractivity contribution in [2.24, 2.45) is 11.8 Å². The van der Waals surface area contributed by atoms with E-state index in [0.29, 0.717) is 30.6 Å². The number of aromatic nitrogens is 1. The second-order valence-corrected chi connectivity index (χ2v) is 9.38. The number of pyridine rings is 1. The van der Waals surface area contributed by atoms with Gasteiger partial charge in [0, 0.05) is 50.1 Å². The summed E-state index contributed by atoms with van der Waals surface area (Å²) in [5.74, 6) is 1.72. The normalized spacial score (nSPS) is 15.9. The average Bonchev–Trinajstić information content (AvgIpc) is 2.82. The molecule has 1 atom stereocenters. The highest BCUT2D eigenvalue weighted by molar-refractivity contribution is 7.85. The van der Waals surface area contributed by atoms with Crippen LogP contribution in [-0.4, -0.2) is 66.9 Å². The van der Waals surface area contributed by atoms with Crippen molar-refractivity contribution in [1.82, 2.24) is 9.71 Å². The molecule has 0 aliphatic carbocycles. The van der Waals surface area contributed by atoms with Crippen LogP contribution in [0.4, 0.5) is 5.69 Å². The van der Waals surface area contributed by atoms with Gasteiger partial charge in [-0.3, -0.25) is 9.78 Å². The van der Waals surface area contributed by atoms with Crippen LogP contribution < -0.4 is 19.1 Å². The van der Waals surface area contributed by atoms with Crippen LogP contribution in [0, 0.1) is 11.8 Å². The van der Waals surface area contributed by atoms with Crippen LogP contribution in [0.2, 0.25) is 0 Å². The van der Waals surface area contributed by atoms with E-state index in [2.05, 4.69) is 18.8 Å². The molecule has 1 aromatic carbocycles. The van der Waals surface area contributed by atoms with Gasteiger partial charge in [-0.2, -0.15) is 13.1 Å². The first-order valence-electron chi connectivity index (χ1n) is 10.8. The van der Waals surface area contributed by atoms with Gasteiger partial charge < -0.3 is 23.3 Å². The van der Waals surface area contributed by atoms with E-state index in [1.54, 1.807) is 20.4 Å². The highest BCUT2D eigenvalue weighted by Gasteiger charge is 2.26. The highest BCUT2D eigenvalue weighted by atomic mass is 32.2. The number of anilines is 1. The van der Waals surface area contributed by atoms with E-state index in [1.165, 1.54) is 0 Å². The summed E-state index contributed by atoms with van der Waals surface area (Å²) in [4.78, 5) is 17.1. The Morgan fingerprint density at radius 1 is 1.21 bits per heavy atom. The number of carbonyl (C=O) groups excluding carboxylic acids is 1. The Bertz CT molecular complexity index is 1040. The summed E-state index contributed by atoms with van der Waals surface area (Å²) in [7, 11) is -0.798. The van der Waals surface area contributed by atoms with Gasteiger partial charge in [-0.15, -0.1) is 0 Å². The molecule has 10 nitrogen and oxygen atoms in total. The Labute approximate surface area is 194 Å². The summed E-state index contributed by atoms with van der Waals surface area (Å²) in [6.45, 7) is 4.69. The minimum atomic E-state index is -4.03. The van der Waals surface area contributed by atoms with Crippen LogP contribution in [-0.2, 0) is 24.0 Å². The van der Waals surface area contributed by atoms with E-state index in [1.807, 2.05) is 25.1 Å². The standard InChI is InChI=1S/C22H31N3O7S/c1-16(14-24-33(27,28)32-15-26)17-5-8-25(9-6-17)20-4-7-23-19-13-21(30-3)22(12-18(19)20)31-11-10-29-2/h4,7,12-13,15-17,24H,5-6,8-11,14H2,1-3H3. The maximum Gasteiger partial charge on any atom is 0.384 e. The fourth-order valence-electron chi connectivity index (χ4n) is 4.12. The Morgan fingerprint density at radius 3 is 2.64 bits per heavy atom. The predicted molar refractivity (Wildman–Crippen MR) is 124 cm³/mol. The van der Waals surface area contributed by atoms with E-state index in [0.717, 1.165) is 42.5 Å². The topological polar surface area (TPSA) is 116 Å². The Kier molecular flexibility index (Phi) is 8.70. The fourth-order valence-corrected chi connectivity index (χ4v) is 4.76. The molecule has 1 unspecified atom stereocenters. The number of methoxy groups -OCH3 is 2. The molecule has 2 aromatic rings. The van der Waals surface area contributed by atoms with Gasteiger partial charge >= 0.3 is 16.8 Å². The van der Waals surface area contributed by atoms with E-state index >= 15 is 0 Å². The van der Waals surface area contributed by atoms with Gasteiger partial charge in [0.15, 0.2) is 11.5 Å². The summed E-state index contributed by atoms with van der Waals surface area (Å²) in [5.41, 5.74) is 1.90. The first-order chi connectivity index (χ1) is 15.9. The lowest BCUT2D eigenvalue weighted by atomic mass is 9.85. The summed E-state index contributed by atoms with van der Waals surface area (Å²) in [6, 6.07) is 5.84. The van der Waals surface area contributed by atoms with Crippen molar-refractivity contribution in [3.8, 4) is 11.5 Å². The van der Waals surface area contributed by atoms with Crippen LogP contribution in [0.5, 0.6) is 11.5 Å². The van der Waals surface area contributed by atoms with Crippen molar-refractivity contribution in [3.63, 3.8) is 0 Å². The second-order valence-electron chi connectivity index (χ2n) is 7.99. The number of fused-ring (bicyclic) bond motifs is 1. The van der Waals surface area contributed by atoms with E-state index in [9.17, 15) is 13.2 Å². The number of hydrogen-bond acceptors (Lipinski definition) is 9. The minimum absolute atomic E-state index is 0.0891. The maximum atomic E-state index is 11.5. The van der Waals surface area contributed by atoms with Crippen LogP contribution in [0.3, 0.4) is 0 Å². The van der Waals surface area contributed by atoms with Crippen molar-refractivity contribution in [3.05, 3.63) is 24.4 Å². The number of rotatable bonds is 12. The predicted octanol–water partition coefficient (Wildman–Crippen LogP) is 2.13. The quantitative estimate of drug-likeness (QED) is 0.359. The number of hydrogen-bond donors (Lipinski definition) is 1. The van der Waals surface area contributed by atoms with Gasteiger partial charge in [0.05, 0.1) is 19.2 Å². The smallest absolute Gasteiger partial charge is 0.384 e. The second kappa shape index (κ2) is 11.5. The Hall–Kier alpha value is -2.63. The van der Waals surface area contributed by atoms with Crippen LogP contribution >= 0.6 is 0 Å². The third-order valence-corrected chi connectivity index (χ3v) is 6.83. The van der Waals surface area contributed by atoms with E-state index < -0.39 is 10.3 Å². The maximum absolute atomic E-state index is 11.5. The molecule has 0 bridgehead atoms. The van der Waals surface area contributed by atoms with Crippen molar-refractivity contribution < 1.29 is 31.6 Å². The summed E-state index contributed by atoms with van der Waals surface area (Å²) >= 11 is 0. The number of nitrogens with zero attached hydrogens (tertiary/aromatic N) is 2. The van der Waals surface area contributed by atoms with Gasteiger partial charge in [-0.1, -0.05) is 6.92 Å². The lowest BCUT2D eigenvalue weighted by Crippen LogP contribution is -2.39. The van der Waals surface area contributed by atoms with E-state index in [4.69, 9.17) is 14.2 Å². The van der Waals surface area contributed by atoms with Crippen molar-refractivity contribution in [2.45, 2.75) is 19.8 Å². The molecule has 1 saturated heterocycles.